The summed E-state index contributed by atoms with van der Waals surface area (Å²) in [5.41, 5.74) is 3.07. The molecule has 5 nitrogen and oxygen atoms in total. The van der Waals surface area contributed by atoms with Crippen molar-refractivity contribution in [3.05, 3.63) is 60.4 Å². The lowest BCUT2D eigenvalue weighted by atomic mass is 9.96. The second-order valence-corrected chi connectivity index (χ2v) is 6.98. The number of rotatable bonds is 4. The molecule has 0 atom stereocenters. The molecule has 1 fully saturated rings. The van der Waals surface area contributed by atoms with Gasteiger partial charge in [-0.25, -0.2) is 4.98 Å². The first kappa shape index (κ1) is 16.8. The van der Waals surface area contributed by atoms with Crippen LogP contribution in [0.25, 0.3) is 11.0 Å². The van der Waals surface area contributed by atoms with Crippen LogP contribution in [0.5, 0.6) is 0 Å². The molecule has 1 amide bonds. The summed E-state index contributed by atoms with van der Waals surface area (Å²) in [6.45, 7) is 2.32. The number of anilines is 1. The van der Waals surface area contributed by atoms with Crippen molar-refractivity contribution in [1.29, 1.82) is 0 Å². The molecule has 0 bridgehead atoms. The zero-order valence-electron chi connectivity index (χ0n) is 15.1. The third-order valence-electron chi connectivity index (χ3n) is 5.26. The predicted molar refractivity (Wildman–Crippen MR) is 104 cm³/mol. The minimum Gasteiger partial charge on any atom is -0.342 e. The first-order valence-electron chi connectivity index (χ1n) is 9.19. The maximum Gasteiger partial charge on any atom is 0.240 e. The van der Waals surface area contributed by atoms with E-state index in [2.05, 4.69) is 16.0 Å². The van der Waals surface area contributed by atoms with E-state index in [1.54, 1.807) is 4.90 Å². The van der Waals surface area contributed by atoms with Crippen molar-refractivity contribution in [2.45, 2.75) is 18.8 Å². The van der Waals surface area contributed by atoms with Crippen LogP contribution in [0.3, 0.4) is 0 Å². The van der Waals surface area contributed by atoms with Gasteiger partial charge in [0, 0.05) is 18.7 Å². The SMILES string of the molecule is CN(C(=O)CN1CCC(c2nc3ccccc3[nH]2)CC1)c1ccccc1. The number of carbonyl (C=O) groups excluding carboxylic acids is 1. The Morgan fingerprint density at radius 3 is 2.54 bits per heavy atom. The molecule has 2 heterocycles. The summed E-state index contributed by atoms with van der Waals surface area (Å²) in [4.78, 5) is 24.7. The van der Waals surface area contributed by atoms with Gasteiger partial charge in [0.25, 0.3) is 0 Å². The van der Waals surface area contributed by atoms with Crippen molar-refractivity contribution in [2.75, 3.05) is 31.6 Å². The number of likely N-dealkylation sites (N-methyl/N-ethyl adjacent to an activating group) is 1. The molecule has 2 aromatic carbocycles. The van der Waals surface area contributed by atoms with Gasteiger partial charge in [-0.1, -0.05) is 30.3 Å². The molecule has 1 saturated heterocycles. The monoisotopic (exact) mass is 348 g/mol. The van der Waals surface area contributed by atoms with E-state index < -0.39 is 0 Å². The lowest BCUT2D eigenvalue weighted by Crippen LogP contribution is -2.42. The lowest BCUT2D eigenvalue weighted by molar-refractivity contribution is -0.119. The second kappa shape index (κ2) is 7.30. The van der Waals surface area contributed by atoms with Gasteiger partial charge in [-0.3, -0.25) is 9.69 Å². The maximum absolute atomic E-state index is 12.5. The molecule has 0 radical (unpaired) electrons. The number of aromatic nitrogens is 2. The van der Waals surface area contributed by atoms with Crippen LogP contribution in [0.4, 0.5) is 5.69 Å². The molecule has 5 heteroatoms. The van der Waals surface area contributed by atoms with Crippen LogP contribution < -0.4 is 4.90 Å². The maximum atomic E-state index is 12.5. The number of hydrogen-bond acceptors (Lipinski definition) is 3. The molecule has 1 aliphatic heterocycles. The van der Waals surface area contributed by atoms with E-state index in [4.69, 9.17) is 4.98 Å². The molecule has 1 aliphatic rings. The predicted octanol–water partition coefficient (Wildman–Crippen LogP) is 3.41. The molecular weight excluding hydrogens is 324 g/mol. The zero-order chi connectivity index (χ0) is 17.9. The number of nitrogens with one attached hydrogen (secondary N) is 1. The van der Waals surface area contributed by atoms with E-state index in [1.165, 1.54) is 0 Å². The van der Waals surface area contributed by atoms with Crippen molar-refractivity contribution in [2.24, 2.45) is 0 Å². The van der Waals surface area contributed by atoms with Crippen LogP contribution in [-0.4, -0.2) is 47.5 Å². The molecule has 0 saturated carbocycles. The summed E-state index contributed by atoms with van der Waals surface area (Å²) >= 11 is 0. The summed E-state index contributed by atoms with van der Waals surface area (Å²) in [7, 11) is 1.85. The van der Waals surface area contributed by atoms with Gasteiger partial charge in [0.15, 0.2) is 0 Å². The van der Waals surface area contributed by atoms with Gasteiger partial charge in [-0.05, 0) is 50.2 Å². The van der Waals surface area contributed by atoms with E-state index in [1.807, 2.05) is 55.6 Å². The Kier molecular flexibility index (Phi) is 4.71. The Morgan fingerprint density at radius 1 is 1.12 bits per heavy atom. The van der Waals surface area contributed by atoms with Crippen LogP contribution in [0.2, 0.25) is 0 Å². The third-order valence-corrected chi connectivity index (χ3v) is 5.26. The Balaban J connectivity index is 1.34. The summed E-state index contributed by atoms with van der Waals surface area (Å²) in [6, 6.07) is 18.0. The Hall–Kier alpha value is -2.66. The van der Waals surface area contributed by atoms with Crippen molar-refractivity contribution >= 4 is 22.6 Å². The number of hydrogen-bond donors (Lipinski definition) is 1. The first-order valence-corrected chi connectivity index (χ1v) is 9.19. The summed E-state index contributed by atoms with van der Waals surface area (Å²) < 4.78 is 0. The highest BCUT2D eigenvalue weighted by atomic mass is 16.2. The number of amides is 1. The molecule has 0 unspecified atom stereocenters. The second-order valence-electron chi connectivity index (χ2n) is 6.98. The van der Waals surface area contributed by atoms with Gasteiger partial charge in [0.1, 0.15) is 5.82 Å². The van der Waals surface area contributed by atoms with E-state index >= 15 is 0 Å². The Labute approximate surface area is 153 Å². The molecule has 134 valence electrons. The topological polar surface area (TPSA) is 52.2 Å². The Morgan fingerprint density at radius 2 is 1.81 bits per heavy atom. The van der Waals surface area contributed by atoms with Gasteiger partial charge in [0.05, 0.1) is 17.6 Å². The number of benzene rings is 2. The van der Waals surface area contributed by atoms with Gasteiger partial charge >= 0.3 is 0 Å². The highest BCUT2D eigenvalue weighted by molar-refractivity contribution is 5.94. The molecule has 1 N–H and O–H groups in total. The Bertz CT molecular complexity index is 848. The third kappa shape index (κ3) is 3.48. The lowest BCUT2D eigenvalue weighted by Gasteiger charge is -2.31. The smallest absolute Gasteiger partial charge is 0.240 e. The van der Waals surface area contributed by atoms with Crippen molar-refractivity contribution in [3.63, 3.8) is 0 Å². The number of H-pyrrole nitrogens is 1. The molecule has 1 aromatic heterocycles. The molecule has 0 spiro atoms. The number of carbonyl (C=O) groups is 1. The number of imidazole rings is 1. The quantitative estimate of drug-likeness (QED) is 0.786. The van der Waals surface area contributed by atoms with Gasteiger partial charge in [-0.2, -0.15) is 0 Å². The number of aromatic amines is 1. The highest BCUT2D eigenvalue weighted by Gasteiger charge is 2.25. The van der Waals surface area contributed by atoms with Gasteiger partial charge < -0.3 is 9.88 Å². The standard InChI is InChI=1S/C21H24N4O/c1-24(17-7-3-2-4-8-17)20(26)15-25-13-11-16(12-14-25)21-22-18-9-5-6-10-19(18)23-21/h2-10,16H,11-15H2,1H3,(H,22,23). The number of piperidine rings is 1. The number of fused-ring (bicyclic) bond motifs is 1. The van der Waals surface area contributed by atoms with Crippen LogP contribution in [0.1, 0.15) is 24.6 Å². The fourth-order valence-electron chi connectivity index (χ4n) is 3.62. The van der Waals surface area contributed by atoms with E-state index in [0.29, 0.717) is 12.5 Å². The highest BCUT2D eigenvalue weighted by Crippen LogP contribution is 2.27. The minimum atomic E-state index is 0.137. The first-order chi connectivity index (χ1) is 12.7. The molecular formula is C21H24N4O. The minimum absolute atomic E-state index is 0.137. The largest absolute Gasteiger partial charge is 0.342 e. The summed E-state index contributed by atoms with van der Waals surface area (Å²) in [5, 5.41) is 0. The normalized spacial score (nSPS) is 16.0. The number of likely N-dealkylation sites (tertiary alicyclic amines) is 1. The van der Waals surface area contributed by atoms with E-state index in [9.17, 15) is 4.79 Å². The molecule has 3 aromatic rings. The fourth-order valence-corrected chi connectivity index (χ4v) is 3.62. The molecule has 0 aliphatic carbocycles. The van der Waals surface area contributed by atoms with E-state index in [0.717, 1.165) is 48.5 Å². The van der Waals surface area contributed by atoms with E-state index in [-0.39, 0.29) is 5.91 Å². The fraction of sp³-hybridized carbons (Fsp3) is 0.333. The number of nitrogens with zero attached hydrogens (tertiary/aromatic N) is 3. The summed E-state index contributed by atoms with van der Waals surface area (Å²) in [6.07, 6.45) is 2.06. The van der Waals surface area contributed by atoms with Crippen LogP contribution in [0, 0.1) is 0 Å². The van der Waals surface area contributed by atoms with Crippen LogP contribution in [-0.2, 0) is 4.79 Å². The zero-order valence-corrected chi connectivity index (χ0v) is 15.1. The van der Waals surface area contributed by atoms with Gasteiger partial charge in [0.2, 0.25) is 5.91 Å². The molecule has 26 heavy (non-hydrogen) atoms. The van der Waals surface area contributed by atoms with Crippen molar-refractivity contribution < 1.29 is 4.79 Å². The average molecular weight is 348 g/mol. The van der Waals surface area contributed by atoms with Crippen molar-refractivity contribution in [3.8, 4) is 0 Å². The van der Waals surface area contributed by atoms with Crippen LogP contribution >= 0.6 is 0 Å². The van der Waals surface area contributed by atoms with Crippen molar-refractivity contribution in [1.82, 2.24) is 14.9 Å². The average Bonchev–Trinajstić information content (AvgIpc) is 3.13. The summed E-state index contributed by atoms with van der Waals surface area (Å²) in [5.74, 6) is 1.66. The van der Waals surface area contributed by atoms with Crippen LogP contribution in [0.15, 0.2) is 54.6 Å². The molecule has 4 rings (SSSR count). The van der Waals surface area contributed by atoms with Gasteiger partial charge in [-0.15, -0.1) is 0 Å². The number of para-hydroxylation sites is 3.